The molecule has 0 bridgehead atoms. The highest BCUT2D eigenvalue weighted by Crippen LogP contribution is 2.19. The average molecular weight is 187 g/mol. The molecule has 12 heavy (non-hydrogen) atoms. The van der Waals surface area contributed by atoms with Crippen molar-refractivity contribution in [3.8, 4) is 0 Å². The Bertz CT molecular complexity index is 314. The Morgan fingerprint density at radius 1 is 1.58 bits per heavy atom. The van der Waals surface area contributed by atoms with Gasteiger partial charge in [0.25, 0.3) is 0 Å². The van der Waals surface area contributed by atoms with Gasteiger partial charge in [-0.3, -0.25) is 5.84 Å². The Hall–Kier alpha value is -1.26. The van der Waals surface area contributed by atoms with Gasteiger partial charge in [-0.25, -0.2) is 4.79 Å². The maximum atomic E-state index is 10.6. The molecule has 1 rings (SSSR count). The predicted molar refractivity (Wildman–Crippen MR) is 46.2 cm³/mol. The fourth-order valence-corrected chi connectivity index (χ4v) is 0.991. The van der Waals surface area contributed by atoms with Gasteiger partial charge in [0.05, 0.1) is 11.3 Å². The van der Waals surface area contributed by atoms with Gasteiger partial charge in [-0.15, -0.1) is 0 Å². The molecule has 0 heterocycles. The summed E-state index contributed by atoms with van der Waals surface area (Å²) in [7, 11) is 0. The fraction of sp³-hybridized carbons (Fsp3) is 0. The van der Waals surface area contributed by atoms with Crippen LogP contribution >= 0.6 is 11.6 Å². The molecule has 4 nitrogen and oxygen atoms in total. The molecule has 0 aliphatic rings. The van der Waals surface area contributed by atoms with E-state index in [1.54, 1.807) is 6.07 Å². The van der Waals surface area contributed by atoms with Gasteiger partial charge < -0.3 is 10.5 Å². The number of halogens is 1. The van der Waals surface area contributed by atoms with Crippen LogP contribution in [-0.2, 0) is 0 Å². The number of rotatable bonds is 2. The summed E-state index contributed by atoms with van der Waals surface area (Å²) < 4.78 is 0. The van der Waals surface area contributed by atoms with Gasteiger partial charge in [-0.2, -0.15) is 0 Å². The summed E-state index contributed by atoms with van der Waals surface area (Å²) in [5.74, 6) is 4.02. The van der Waals surface area contributed by atoms with E-state index in [-0.39, 0.29) is 5.56 Å². The normalized spacial score (nSPS) is 9.50. The van der Waals surface area contributed by atoms with Crippen LogP contribution in [-0.4, -0.2) is 11.1 Å². The molecule has 64 valence electrons. The standard InChI is InChI=1S/C7H7ClN2O2/c8-4-1-2-6(10-9)5(3-4)7(11)12/h1-3,10H,9H2,(H,11,12). The third-order valence-electron chi connectivity index (χ3n) is 1.37. The Kier molecular flexibility index (Phi) is 2.52. The molecule has 0 saturated carbocycles. The summed E-state index contributed by atoms with van der Waals surface area (Å²) in [5.41, 5.74) is 2.66. The lowest BCUT2D eigenvalue weighted by molar-refractivity contribution is 0.0698. The van der Waals surface area contributed by atoms with Crippen LogP contribution in [0.15, 0.2) is 18.2 Å². The van der Waals surface area contributed by atoms with E-state index in [2.05, 4.69) is 5.43 Å². The largest absolute Gasteiger partial charge is 0.478 e. The predicted octanol–water partition coefficient (Wildman–Crippen LogP) is 1.32. The van der Waals surface area contributed by atoms with Crippen molar-refractivity contribution < 1.29 is 9.90 Å². The number of aromatic carboxylic acids is 1. The Morgan fingerprint density at radius 3 is 2.75 bits per heavy atom. The molecule has 0 fully saturated rings. The molecule has 0 aliphatic heterocycles. The highest BCUT2D eigenvalue weighted by Gasteiger charge is 2.08. The van der Waals surface area contributed by atoms with E-state index in [1.807, 2.05) is 0 Å². The minimum atomic E-state index is -1.06. The molecule has 0 spiro atoms. The van der Waals surface area contributed by atoms with Gasteiger partial charge in [-0.05, 0) is 18.2 Å². The number of benzene rings is 1. The number of hydrogen-bond donors (Lipinski definition) is 3. The van der Waals surface area contributed by atoms with Crippen LogP contribution in [0.5, 0.6) is 0 Å². The van der Waals surface area contributed by atoms with E-state index in [9.17, 15) is 4.79 Å². The molecule has 0 atom stereocenters. The number of nitrogens with two attached hydrogens (primary N) is 1. The zero-order valence-corrected chi connectivity index (χ0v) is 6.80. The molecule has 0 radical (unpaired) electrons. The SMILES string of the molecule is NNc1ccc(Cl)cc1C(=O)O. The Labute approximate surface area is 73.9 Å². The zero-order valence-electron chi connectivity index (χ0n) is 6.04. The van der Waals surface area contributed by atoms with Crippen molar-refractivity contribution in [1.29, 1.82) is 0 Å². The van der Waals surface area contributed by atoms with Crippen molar-refractivity contribution in [2.75, 3.05) is 5.43 Å². The number of anilines is 1. The van der Waals surface area contributed by atoms with E-state index >= 15 is 0 Å². The second-order valence-electron chi connectivity index (χ2n) is 2.14. The van der Waals surface area contributed by atoms with Gasteiger partial charge in [0.2, 0.25) is 0 Å². The second kappa shape index (κ2) is 3.42. The monoisotopic (exact) mass is 186 g/mol. The molecular weight excluding hydrogens is 180 g/mol. The van der Waals surface area contributed by atoms with Crippen LogP contribution in [0.25, 0.3) is 0 Å². The van der Waals surface area contributed by atoms with Gasteiger partial charge in [-0.1, -0.05) is 11.6 Å². The maximum absolute atomic E-state index is 10.6. The number of carboxylic acid groups (broad SMARTS) is 1. The first-order valence-electron chi connectivity index (χ1n) is 3.14. The second-order valence-corrected chi connectivity index (χ2v) is 2.58. The molecule has 4 N–H and O–H groups in total. The molecule has 5 heteroatoms. The van der Waals surface area contributed by atoms with Crippen molar-refractivity contribution in [2.24, 2.45) is 5.84 Å². The van der Waals surface area contributed by atoms with Crippen LogP contribution in [0.1, 0.15) is 10.4 Å². The summed E-state index contributed by atoms with van der Waals surface area (Å²) >= 11 is 5.59. The summed E-state index contributed by atoms with van der Waals surface area (Å²) in [6.07, 6.45) is 0. The average Bonchev–Trinajstić information content (AvgIpc) is 2.04. The minimum absolute atomic E-state index is 0.0602. The van der Waals surface area contributed by atoms with Gasteiger partial charge in [0.1, 0.15) is 0 Å². The minimum Gasteiger partial charge on any atom is -0.478 e. The zero-order chi connectivity index (χ0) is 9.14. The van der Waals surface area contributed by atoms with Crippen molar-refractivity contribution in [2.45, 2.75) is 0 Å². The van der Waals surface area contributed by atoms with Crippen molar-refractivity contribution in [3.05, 3.63) is 28.8 Å². The van der Waals surface area contributed by atoms with Crippen LogP contribution in [0, 0.1) is 0 Å². The highest BCUT2D eigenvalue weighted by molar-refractivity contribution is 6.31. The topological polar surface area (TPSA) is 75.3 Å². The Balaban J connectivity index is 3.21. The van der Waals surface area contributed by atoms with Crippen LogP contribution < -0.4 is 11.3 Å². The summed E-state index contributed by atoms with van der Waals surface area (Å²) in [4.78, 5) is 10.6. The summed E-state index contributed by atoms with van der Waals surface area (Å²) in [6.45, 7) is 0. The van der Waals surface area contributed by atoms with Gasteiger partial charge in [0, 0.05) is 5.02 Å². The number of nitrogen functional groups attached to an aromatic ring is 1. The first-order valence-corrected chi connectivity index (χ1v) is 3.52. The molecule has 0 unspecified atom stereocenters. The van der Waals surface area contributed by atoms with Crippen molar-refractivity contribution >= 4 is 23.3 Å². The molecule has 1 aromatic carbocycles. The fourth-order valence-electron chi connectivity index (χ4n) is 0.819. The number of hydrogen-bond acceptors (Lipinski definition) is 3. The Morgan fingerprint density at radius 2 is 2.25 bits per heavy atom. The van der Waals surface area contributed by atoms with Crippen LogP contribution in [0.3, 0.4) is 0 Å². The van der Waals surface area contributed by atoms with Gasteiger partial charge >= 0.3 is 5.97 Å². The first-order chi connectivity index (χ1) is 5.65. The third-order valence-corrected chi connectivity index (χ3v) is 1.60. The molecule has 1 aromatic rings. The van der Waals surface area contributed by atoms with E-state index in [0.717, 1.165) is 0 Å². The van der Waals surface area contributed by atoms with E-state index in [0.29, 0.717) is 10.7 Å². The van der Waals surface area contributed by atoms with E-state index in [4.69, 9.17) is 22.6 Å². The molecule has 0 aromatic heterocycles. The molecule has 0 amide bonds. The molecule has 0 saturated heterocycles. The van der Waals surface area contributed by atoms with Gasteiger partial charge in [0.15, 0.2) is 0 Å². The summed E-state index contributed by atoms with van der Waals surface area (Å²) in [6, 6.07) is 4.40. The van der Waals surface area contributed by atoms with E-state index < -0.39 is 5.97 Å². The third kappa shape index (κ3) is 1.66. The van der Waals surface area contributed by atoms with Crippen molar-refractivity contribution in [1.82, 2.24) is 0 Å². The lowest BCUT2D eigenvalue weighted by Crippen LogP contribution is -2.11. The summed E-state index contributed by atoms with van der Waals surface area (Å²) in [5, 5.41) is 9.03. The number of nitrogens with one attached hydrogen (secondary N) is 1. The number of carboxylic acids is 1. The highest BCUT2D eigenvalue weighted by atomic mass is 35.5. The smallest absolute Gasteiger partial charge is 0.337 e. The molecule has 0 aliphatic carbocycles. The number of carbonyl (C=O) groups is 1. The lowest BCUT2D eigenvalue weighted by Gasteiger charge is -2.04. The lowest BCUT2D eigenvalue weighted by atomic mass is 10.2. The quantitative estimate of drug-likeness (QED) is 0.481. The maximum Gasteiger partial charge on any atom is 0.337 e. The van der Waals surface area contributed by atoms with Crippen LogP contribution in [0.2, 0.25) is 5.02 Å². The molecular formula is C7H7ClN2O2. The number of hydrazine groups is 1. The van der Waals surface area contributed by atoms with Crippen LogP contribution in [0.4, 0.5) is 5.69 Å². The first kappa shape index (κ1) is 8.83. The van der Waals surface area contributed by atoms with E-state index in [1.165, 1.54) is 12.1 Å². The van der Waals surface area contributed by atoms with Crippen molar-refractivity contribution in [3.63, 3.8) is 0 Å².